The summed E-state index contributed by atoms with van der Waals surface area (Å²) in [5.74, 6) is 1.82. The highest BCUT2D eigenvalue weighted by Crippen LogP contribution is 2.26. The van der Waals surface area contributed by atoms with Crippen LogP contribution in [0, 0.1) is 11.8 Å². The molecule has 0 amide bonds. The van der Waals surface area contributed by atoms with Crippen LogP contribution in [0.25, 0.3) is 0 Å². The molecule has 0 atom stereocenters. The zero-order valence-corrected chi connectivity index (χ0v) is 12.2. The van der Waals surface area contributed by atoms with Crippen molar-refractivity contribution in [1.82, 2.24) is 0 Å². The second-order valence-corrected chi connectivity index (χ2v) is 6.51. The lowest BCUT2D eigenvalue weighted by molar-refractivity contribution is -0.0457. The summed E-state index contributed by atoms with van der Waals surface area (Å²) in [7, 11) is 0. The van der Waals surface area contributed by atoms with Gasteiger partial charge in [-0.15, -0.1) is 0 Å². The van der Waals surface area contributed by atoms with E-state index in [4.69, 9.17) is 9.47 Å². The first-order chi connectivity index (χ1) is 8.74. The van der Waals surface area contributed by atoms with E-state index < -0.39 is 0 Å². The molecule has 18 heavy (non-hydrogen) atoms. The van der Waals surface area contributed by atoms with Gasteiger partial charge in [0.1, 0.15) is 0 Å². The Bertz CT molecular complexity index is 189. The minimum absolute atomic E-state index is 0.510. The molecule has 2 rings (SSSR count). The fourth-order valence-corrected chi connectivity index (χ4v) is 3.22. The van der Waals surface area contributed by atoms with E-state index in [2.05, 4.69) is 13.8 Å². The van der Waals surface area contributed by atoms with Gasteiger partial charge in [0.2, 0.25) is 0 Å². The predicted molar refractivity (Wildman–Crippen MR) is 74.7 cm³/mol. The van der Waals surface area contributed by atoms with Crippen LogP contribution in [-0.2, 0) is 9.47 Å². The molecule has 2 fully saturated rings. The molecule has 0 spiro atoms. The molecule has 0 aromatic heterocycles. The zero-order chi connectivity index (χ0) is 12.8. The number of hydrogen-bond acceptors (Lipinski definition) is 2. The fraction of sp³-hybridized carbons (Fsp3) is 1.00. The third kappa shape index (κ3) is 4.89. The molecule has 0 aliphatic heterocycles. The molecule has 2 aliphatic carbocycles. The summed E-state index contributed by atoms with van der Waals surface area (Å²) in [6.45, 7) is 6.29. The molecule has 0 aromatic rings. The van der Waals surface area contributed by atoms with Crippen molar-refractivity contribution in [3.63, 3.8) is 0 Å². The van der Waals surface area contributed by atoms with Crippen molar-refractivity contribution in [1.29, 1.82) is 0 Å². The van der Waals surface area contributed by atoms with Crippen LogP contribution < -0.4 is 0 Å². The molecule has 0 unspecified atom stereocenters. The highest BCUT2D eigenvalue weighted by atomic mass is 16.5. The molecule has 2 nitrogen and oxygen atoms in total. The summed E-state index contributed by atoms with van der Waals surface area (Å²) >= 11 is 0. The average molecular weight is 254 g/mol. The Hall–Kier alpha value is -0.0800. The Kier molecular flexibility index (Phi) is 5.97. The Morgan fingerprint density at radius 1 is 0.611 bits per heavy atom. The molecule has 0 radical (unpaired) electrons. The zero-order valence-electron chi connectivity index (χ0n) is 12.2. The van der Waals surface area contributed by atoms with Gasteiger partial charge in [0.25, 0.3) is 0 Å². The summed E-state index contributed by atoms with van der Waals surface area (Å²) in [6.07, 6.45) is 11.4. The van der Waals surface area contributed by atoms with Crippen LogP contribution in [0.1, 0.15) is 65.2 Å². The number of ether oxygens (including phenoxy) is 2. The highest BCUT2D eigenvalue weighted by molar-refractivity contribution is 4.71. The minimum Gasteiger partial charge on any atom is -0.376 e. The van der Waals surface area contributed by atoms with Crippen LogP contribution in [0.5, 0.6) is 0 Å². The third-order valence-corrected chi connectivity index (χ3v) is 4.72. The summed E-state index contributed by atoms with van der Waals surface area (Å²) in [6, 6.07) is 0. The van der Waals surface area contributed by atoms with Crippen molar-refractivity contribution in [3.8, 4) is 0 Å². The molecule has 0 aromatic carbocycles. The van der Waals surface area contributed by atoms with Gasteiger partial charge in [0.05, 0.1) is 25.4 Å². The highest BCUT2D eigenvalue weighted by Gasteiger charge is 2.20. The maximum Gasteiger partial charge on any atom is 0.0704 e. The first kappa shape index (κ1) is 14.3. The minimum atomic E-state index is 0.510. The molecule has 0 heterocycles. The second kappa shape index (κ2) is 7.49. The monoisotopic (exact) mass is 254 g/mol. The Labute approximate surface area is 112 Å². The van der Waals surface area contributed by atoms with E-state index in [-0.39, 0.29) is 0 Å². The molecule has 0 bridgehead atoms. The van der Waals surface area contributed by atoms with E-state index in [1.54, 1.807) is 0 Å². The van der Waals surface area contributed by atoms with Crippen LogP contribution in [-0.4, -0.2) is 25.4 Å². The van der Waals surface area contributed by atoms with E-state index >= 15 is 0 Å². The van der Waals surface area contributed by atoms with Gasteiger partial charge in [-0.2, -0.15) is 0 Å². The largest absolute Gasteiger partial charge is 0.376 e. The van der Waals surface area contributed by atoms with Crippen LogP contribution in [0.4, 0.5) is 0 Å². The summed E-state index contributed by atoms with van der Waals surface area (Å²) < 4.78 is 11.8. The van der Waals surface area contributed by atoms with E-state index in [0.717, 1.165) is 25.0 Å². The molecular formula is C16H30O2. The number of rotatable bonds is 5. The average Bonchev–Trinajstić information content (AvgIpc) is 2.39. The maximum atomic E-state index is 5.92. The van der Waals surface area contributed by atoms with E-state index in [1.807, 2.05) is 0 Å². The number of hydrogen-bond donors (Lipinski definition) is 0. The second-order valence-electron chi connectivity index (χ2n) is 6.51. The lowest BCUT2D eigenvalue weighted by Gasteiger charge is -2.28. The first-order valence-electron chi connectivity index (χ1n) is 7.97. The first-order valence-corrected chi connectivity index (χ1v) is 7.97. The van der Waals surface area contributed by atoms with Crippen molar-refractivity contribution < 1.29 is 9.47 Å². The normalized spacial score (nSPS) is 37.7. The molecule has 2 saturated carbocycles. The lowest BCUT2D eigenvalue weighted by Crippen LogP contribution is -2.25. The Morgan fingerprint density at radius 3 is 1.28 bits per heavy atom. The van der Waals surface area contributed by atoms with Crippen LogP contribution >= 0.6 is 0 Å². The molecule has 0 N–H and O–H groups in total. The van der Waals surface area contributed by atoms with E-state index in [0.29, 0.717) is 12.2 Å². The fourth-order valence-electron chi connectivity index (χ4n) is 3.22. The van der Waals surface area contributed by atoms with Gasteiger partial charge in [-0.25, -0.2) is 0 Å². The van der Waals surface area contributed by atoms with Gasteiger partial charge in [-0.1, -0.05) is 13.8 Å². The maximum absolute atomic E-state index is 5.92. The van der Waals surface area contributed by atoms with Crippen molar-refractivity contribution in [3.05, 3.63) is 0 Å². The summed E-state index contributed by atoms with van der Waals surface area (Å²) in [5, 5.41) is 0. The molecule has 2 heteroatoms. The van der Waals surface area contributed by atoms with Gasteiger partial charge >= 0.3 is 0 Å². The van der Waals surface area contributed by atoms with Crippen molar-refractivity contribution >= 4 is 0 Å². The van der Waals surface area contributed by atoms with Crippen molar-refractivity contribution in [2.45, 2.75) is 77.4 Å². The smallest absolute Gasteiger partial charge is 0.0704 e. The summed E-state index contributed by atoms with van der Waals surface area (Å²) in [5.41, 5.74) is 0. The van der Waals surface area contributed by atoms with Gasteiger partial charge < -0.3 is 9.47 Å². The Balaban J connectivity index is 1.48. The lowest BCUT2D eigenvalue weighted by atomic mass is 9.89. The van der Waals surface area contributed by atoms with Gasteiger partial charge in [0, 0.05) is 0 Å². The molecule has 106 valence electrons. The van der Waals surface area contributed by atoms with Crippen LogP contribution in [0.15, 0.2) is 0 Å². The molecular weight excluding hydrogens is 224 g/mol. The van der Waals surface area contributed by atoms with Crippen LogP contribution in [0.3, 0.4) is 0 Å². The van der Waals surface area contributed by atoms with Crippen molar-refractivity contribution in [2.75, 3.05) is 13.2 Å². The predicted octanol–water partition coefficient (Wildman–Crippen LogP) is 4.18. The van der Waals surface area contributed by atoms with Gasteiger partial charge in [0.15, 0.2) is 0 Å². The van der Waals surface area contributed by atoms with E-state index in [9.17, 15) is 0 Å². The standard InChI is InChI=1S/C16H30O2/c1-13-3-7-15(8-4-13)17-11-12-18-16-9-5-14(2)6-10-16/h13-16H,3-12H2,1-2H3. The Morgan fingerprint density at radius 2 is 0.944 bits per heavy atom. The van der Waals surface area contributed by atoms with Gasteiger partial charge in [-0.3, -0.25) is 0 Å². The van der Waals surface area contributed by atoms with Crippen LogP contribution in [0.2, 0.25) is 0 Å². The third-order valence-electron chi connectivity index (χ3n) is 4.72. The topological polar surface area (TPSA) is 18.5 Å². The molecule has 2 aliphatic rings. The van der Waals surface area contributed by atoms with Gasteiger partial charge in [-0.05, 0) is 63.2 Å². The SMILES string of the molecule is CC1CCC(OCCOC2CCC(C)CC2)CC1. The van der Waals surface area contributed by atoms with Crippen molar-refractivity contribution in [2.24, 2.45) is 11.8 Å². The summed E-state index contributed by atoms with van der Waals surface area (Å²) in [4.78, 5) is 0. The van der Waals surface area contributed by atoms with E-state index in [1.165, 1.54) is 51.4 Å². The molecule has 0 saturated heterocycles. The quantitative estimate of drug-likeness (QED) is 0.685.